The highest BCUT2D eigenvalue weighted by Crippen LogP contribution is 2.39. The van der Waals surface area contributed by atoms with Gasteiger partial charge in [0.25, 0.3) is 0 Å². The van der Waals surface area contributed by atoms with Gasteiger partial charge in [0, 0.05) is 0 Å². The fraction of sp³-hybridized carbons (Fsp3) is 0.200. The van der Waals surface area contributed by atoms with Crippen LogP contribution in [0.1, 0.15) is 16.6 Å². The fourth-order valence-corrected chi connectivity index (χ4v) is 2.81. The summed E-state index contributed by atoms with van der Waals surface area (Å²) in [5.74, 6) is -0.717. The average molecular weight is 303 g/mol. The van der Waals surface area contributed by atoms with E-state index in [0.29, 0.717) is 0 Å². The van der Waals surface area contributed by atoms with E-state index in [2.05, 4.69) is 4.98 Å². The molecule has 0 bridgehead atoms. The van der Waals surface area contributed by atoms with Gasteiger partial charge in [-0.2, -0.15) is 0 Å². The van der Waals surface area contributed by atoms with Crippen LogP contribution in [0.25, 0.3) is 11.5 Å². The summed E-state index contributed by atoms with van der Waals surface area (Å²) < 4.78 is 21.2. The normalized spacial score (nSPS) is 11.5. The molecule has 0 radical (unpaired) electrons. The number of hydrogen-bond acceptors (Lipinski definition) is 6. The molecule has 0 saturated heterocycles. The summed E-state index contributed by atoms with van der Waals surface area (Å²) >= 11 is 1.02. The Bertz CT molecular complexity index is 642. The van der Waals surface area contributed by atoms with Crippen molar-refractivity contribution in [1.29, 1.82) is 0 Å². The van der Waals surface area contributed by atoms with Gasteiger partial charge in [0.1, 0.15) is 15.9 Å². The van der Waals surface area contributed by atoms with Gasteiger partial charge in [0.2, 0.25) is 0 Å². The minimum absolute atomic E-state index is 0.0757. The molecule has 0 aromatic carbocycles. The molecule has 0 aliphatic carbocycles. The number of aromatic nitrogens is 1. The van der Waals surface area contributed by atoms with Crippen molar-refractivity contribution in [2.45, 2.75) is 6.92 Å². The van der Waals surface area contributed by atoms with Gasteiger partial charge in [-0.3, -0.25) is 4.57 Å². The Kier molecular flexibility index (Phi) is 3.86. The number of furan rings is 1. The van der Waals surface area contributed by atoms with Gasteiger partial charge < -0.3 is 18.9 Å². The predicted octanol–water partition coefficient (Wildman–Crippen LogP) is 1.38. The Morgan fingerprint density at radius 2 is 2.32 bits per heavy atom. The highest BCUT2D eigenvalue weighted by Gasteiger charge is 2.29. The molecule has 0 atom stereocenters. The lowest BCUT2D eigenvalue weighted by atomic mass is 10.3. The smallest absolute Gasteiger partial charge is 0.360 e. The number of esters is 1. The lowest BCUT2D eigenvalue weighted by Crippen LogP contribution is -2.08. The maximum absolute atomic E-state index is 11.7. The van der Waals surface area contributed by atoms with Crippen LogP contribution >= 0.6 is 18.9 Å². The van der Waals surface area contributed by atoms with E-state index in [-0.39, 0.29) is 28.2 Å². The molecule has 0 spiro atoms. The highest BCUT2D eigenvalue weighted by atomic mass is 32.1. The van der Waals surface area contributed by atoms with Crippen molar-refractivity contribution in [2.75, 3.05) is 6.61 Å². The Hall–Kier alpha value is -1.47. The van der Waals surface area contributed by atoms with E-state index >= 15 is 0 Å². The van der Waals surface area contributed by atoms with Crippen LogP contribution in [-0.4, -0.2) is 27.3 Å². The third-order valence-electron chi connectivity index (χ3n) is 2.20. The van der Waals surface area contributed by atoms with Gasteiger partial charge in [-0.25, -0.2) is 9.78 Å². The first-order chi connectivity index (χ1) is 8.95. The third kappa shape index (κ3) is 2.76. The molecule has 102 valence electrons. The van der Waals surface area contributed by atoms with Crippen molar-refractivity contribution >= 4 is 30.2 Å². The average Bonchev–Trinajstić information content (AvgIpc) is 2.96. The van der Waals surface area contributed by atoms with Crippen molar-refractivity contribution in [3.05, 3.63) is 22.7 Å². The SMILES string of the molecule is CCOC(=O)c1scnc1-c1occc1P(=O)(O)O. The molecular formula is C10H10NO6PS. The second kappa shape index (κ2) is 5.26. The second-order valence-corrected chi connectivity index (χ2v) is 5.85. The molecule has 0 amide bonds. The first kappa shape index (κ1) is 14.0. The maximum Gasteiger partial charge on any atom is 0.360 e. The first-order valence-electron chi connectivity index (χ1n) is 5.19. The standard InChI is InChI=1S/C10H10NO6PS/c1-2-16-10(12)9-7(11-5-19-9)8-6(3-4-17-8)18(13,14)15/h3-5H,2H2,1H3,(H2,13,14,15). The molecule has 2 N–H and O–H groups in total. The summed E-state index contributed by atoms with van der Waals surface area (Å²) in [5.41, 5.74) is 1.46. The van der Waals surface area contributed by atoms with E-state index in [9.17, 15) is 19.1 Å². The molecule has 7 nitrogen and oxygen atoms in total. The van der Waals surface area contributed by atoms with Gasteiger partial charge in [0.05, 0.1) is 18.4 Å². The molecule has 2 aromatic rings. The van der Waals surface area contributed by atoms with E-state index in [1.54, 1.807) is 6.92 Å². The van der Waals surface area contributed by atoms with E-state index in [4.69, 9.17) is 9.15 Å². The van der Waals surface area contributed by atoms with Crippen molar-refractivity contribution in [1.82, 2.24) is 4.98 Å². The van der Waals surface area contributed by atoms with Crippen LogP contribution in [0.4, 0.5) is 0 Å². The molecule has 2 heterocycles. The van der Waals surface area contributed by atoms with Gasteiger partial charge in [-0.15, -0.1) is 11.3 Å². The van der Waals surface area contributed by atoms with Crippen LogP contribution in [0.15, 0.2) is 22.3 Å². The zero-order valence-corrected chi connectivity index (χ0v) is 11.5. The van der Waals surface area contributed by atoms with Crippen molar-refractivity contribution in [3.8, 4) is 11.5 Å². The number of carbonyl (C=O) groups excluding carboxylic acids is 1. The number of ether oxygens (including phenoxy) is 1. The zero-order valence-electron chi connectivity index (χ0n) is 9.77. The number of nitrogens with zero attached hydrogens (tertiary/aromatic N) is 1. The number of hydrogen-bond donors (Lipinski definition) is 2. The van der Waals surface area contributed by atoms with Crippen LogP contribution in [-0.2, 0) is 9.30 Å². The molecule has 0 aliphatic rings. The molecule has 19 heavy (non-hydrogen) atoms. The Morgan fingerprint density at radius 3 is 2.95 bits per heavy atom. The van der Waals surface area contributed by atoms with Crippen LogP contribution in [0.3, 0.4) is 0 Å². The minimum Gasteiger partial charge on any atom is -0.462 e. The largest absolute Gasteiger partial charge is 0.462 e. The topological polar surface area (TPSA) is 110 Å². The van der Waals surface area contributed by atoms with Gasteiger partial charge >= 0.3 is 13.6 Å². The quantitative estimate of drug-likeness (QED) is 0.648. The van der Waals surface area contributed by atoms with E-state index in [1.807, 2.05) is 0 Å². The number of carbonyl (C=O) groups is 1. The van der Waals surface area contributed by atoms with Gasteiger partial charge in [-0.1, -0.05) is 0 Å². The van der Waals surface area contributed by atoms with Gasteiger partial charge in [0.15, 0.2) is 5.76 Å². The summed E-state index contributed by atoms with van der Waals surface area (Å²) in [6.07, 6.45) is 1.14. The molecule has 9 heteroatoms. The Morgan fingerprint density at radius 1 is 1.58 bits per heavy atom. The highest BCUT2D eigenvalue weighted by molar-refractivity contribution is 7.60. The summed E-state index contributed by atoms with van der Waals surface area (Å²) in [7, 11) is -4.50. The van der Waals surface area contributed by atoms with E-state index in [0.717, 1.165) is 23.7 Å². The molecule has 0 unspecified atom stereocenters. The second-order valence-electron chi connectivity index (χ2n) is 3.43. The Balaban J connectivity index is 2.50. The van der Waals surface area contributed by atoms with Crippen molar-refractivity contribution in [3.63, 3.8) is 0 Å². The van der Waals surface area contributed by atoms with Crippen molar-refractivity contribution < 1.29 is 28.3 Å². The number of thiazole rings is 1. The molecule has 2 rings (SSSR count). The maximum atomic E-state index is 11.7. The fourth-order valence-electron chi connectivity index (χ4n) is 1.46. The van der Waals surface area contributed by atoms with E-state index < -0.39 is 13.6 Å². The molecule has 0 fully saturated rings. The molecular weight excluding hydrogens is 293 g/mol. The zero-order chi connectivity index (χ0) is 14.0. The molecule has 2 aromatic heterocycles. The lowest BCUT2D eigenvalue weighted by Gasteiger charge is -2.04. The van der Waals surface area contributed by atoms with Crippen LogP contribution < -0.4 is 5.30 Å². The van der Waals surface area contributed by atoms with Crippen LogP contribution in [0.5, 0.6) is 0 Å². The first-order valence-corrected chi connectivity index (χ1v) is 7.69. The number of rotatable bonds is 4. The van der Waals surface area contributed by atoms with E-state index in [1.165, 1.54) is 5.51 Å². The van der Waals surface area contributed by atoms with Crippen molar-refractivity contribution in [2.24, 2.45) is 0 Å². The lowest BCUT2D eigenvalue weighted by molar-refractivity contribution is 0.0532. The summed E-state index contributed by atoms with van der Waals surface area (Å²) in [5, 5.41) is -0.302. The molecule has 0 aliphatic heterocycles. The monoisotopic (exact) mass is 303 g/mol. The van der Waals surface area contributed by atoms with Crippen LogP contribution in [0, 0.1) is 0 Å². The van der Waals surface area contributed by atoms with Crippen LogP contribution in [0.2, 0.25) is 0 Å². The third-order valence-corrected chi connectivity index (χ3v) is 3.99. The molecule has 0 saturated carbocycles. The minimum atomic E-state index is -4.50. The summed E-state index contributed by atoms with van der Waals surface area (Å²) in [6, 6.07) is 1.16. The summed E-state index contributed by atoms with van der Waals surface area (Å²) in [4.78, 5) is 34.2. The summed E-state index contributed by atoms with van der Waals surface area (Å²) in [6.45, 7) is 1.85. The Labute approximate surface area is 112 Å². The predicted molar refractivity (Wildman–Crippen MR) is 67.5 cm³/mol. The van der Waals surface area contributed by atoms with Gasteiger partial charge in [-0.05, 0) is 13.0 Å².